The Kier molecular flexibility index (Phi) is 7.27. The number of nitrogens with zero attached hydrogens (tertiary/aromatic N) is 1. The number of aliphatic imine (C=N–C) groups is 1. The van der Waals surface area contributed by atoms with Crippen LogP contribution in [0.5, 0.6) is 0 Å². The van der Waals surface area contributed by atoms with Gasteiger partial charge >= 0.3 is 0 Å². The van der Waals surface area contributed by atoms with Gasteiger partial charge in [0, 0.05) is 11.9 Å². The average Bonchev–Trinajstić information content (AvgIpc) is 2.10. The monoisotopic (exact) mass is 179 g/mol. The summed E-state index contributed by atoms with van der Waals surface area (Å²) in [6, 6.07) is 0. The first-order valence-corrected chi connectivity index (χ1v) is 4.99. The van der Waals surface area contributed by atoms with E-state index < -0.39 is 0 Å². The first-order valence-electron chi connectivity index (χ1n) is 4.99. The van der Waals surface area contributed by atoms with Crippen LogP contribution >= 0.6 is 0 Å². The first kappa shape index (κ1) is 12.2. The maximum Gasteiger partial charge on any atom is 0.0266 e. The fourth-order valence-electron chi connectivity index (χ4n) is 0.798. The van der Waals surface area contributed by atoms with Crippen molar-refractivity contribution in [2.75, 3.05) is 0 Å². The molecule has 0 aromatic heterocycles. The van der Waals surface area contributed by atoms with Crippen LogP contribution in [0.3, 0.4) is 0 Å². The van der Waals surface area contributed by atoms with Crippen LogP contribution in [0.4, 0.5) is 0 Å². The molecule has 0 aromatic carbocycles. The summed E-state index contributed by atoms with van der Waals surface area (Å²) >= 11 is 0. The van der Waals surface area contributed by atoms with Crippen molar-refractivity contribution in [3.05, 3.63) is 24.4 Å². The molecule has 0 radical (unpaired) electrons. The van der Waals surface area contributed by atoms with Crippen molar-refractivity contribution in [3.8, 4) is 0 Å². The van der Waals surface area contributed by atoms with Gasteiger partial charge in [-0.2, -0.15) is 0 Å². The fourth-order valence-corrected chi connectivity index (χ4v) is 0.798. The summed E-state index contributed by atoms with van der Waals surface area (Å²) in [7, 11) is 0. The Labute approximate surface area is 82.3 Å². The van der Waals surface area contributed by atoms with Gasteiger partial charge in [0.2, 0.25) is 0 Å². The van der Waals surface area contributed by atoms with Crippen LogP contribution in [0.1, 0.15) is 40.5 Å². The Bertz CT molecular complexity index is 195. The number of rotatable bonds is 5. The summed E-state index contributed by atoms with van der Waals surface area (Å²) in [4.78, 5) is 4.15. The van der Waals surface area contributed by atoms with Gasteiger partial charge in [-0.15, -0.1) is 0 Å². The zero-order valence-corrected chi connectivity index (χ0v) is 9.25. The topological polar surface area (TPSA) is 12.4 Å². The van der Waals surface area contributed by atoms with Crippen LogP contribution in [0.2, 0.25) is 0 Å². The minimum Gasteiger partial charge on any atom is -0.266 e. The predicted molar refractivity (Wildman–Crippen MR) is 61.1 cm³/mol. The molecule has 1 atom stereocenters. The number of hydrogen-bond donors (Lipinski definition) is 0. The Hall–Kier alpha value is -0.850. The molecule has 1 nitrogen and oxygen atoms in total. The molecule has 0 aliphatic carbocycles. The highest BCUT2D eigenvalue weighted by Gasteiger charge is 1.91. The lowest BCUT2D eigenvalue weighted by Gasteiger charge is -2.01. The molecule has 0 aliphatic heterocycles. The van der Waals surface area contributed by atoms with Gasteiger partial charge in [0.05, 0.1) is 0 Å². The van der Waals surface area contributed by atoms with Gasteiger partial charge in [0.25, 0.3) is 0 Å². The van der Waals surface area contributed by atoms with Crippen molar-refractivity contribution in [1.82, 2.24) is 0 Å². The number of hydrogen-bond acceptors (Lipinski definition) is 1. The molecule has 0 rings (SSSR count). The minimum atomic E-state index is 0.793. The Morgan fingerprint density at radius 3 is 2.54 bits per heavy atom. The highest BCUT2D eigenvalue weighted by Crippen LogP contribution is 2.06. The molecule has 0 aliphatic rings. The zero-order valence-electron chi connectivity index (χ0n) is 9.25. The molecule has 74 valence electrons. The largest absolute Gasteiger partial charge is 0.266 e. The van der Waals surface area contributed by atoms with Crippen molar-refractivity contribution in [2.45, 2.75) is 40.5 Å². The van der Waals surface area contributed by atoms with E-state index in [1.54, 1.807) is 0 Å². The number of allylic oxidation sites excluding steroid dienone is 3. The molecule has 0 bridgehead atoms. The van der Waals surface area contributed by atoms with Gasteiger partial charge in [0.1, 0.15) is 0 Å². The quantitative estimate of drug-likeness (QED) is 0.447. The lowest BCUT2D eigenvalue weighted by Crippen LogP contribution is -1.87. The average molecular weight is 179 g/mol. The molecule has 0 amide bonds. The molecule has 1 unspecified atom stereocenters. The molecule has 13 heavy (non-hydrogen) atoms. The zero-order chi connectivity index (χ0) is 10.1. The third-order valence-electron chi connectivity index (χ3n) is 1.90. The summed E-state index contributed by atoms with van der Waals surface area (Å²) in [5, 5.41) is 0. The Balaban J connectivity index is 3.63. The third kappa shape index (κ3) is 9.06. The van der Waals surface area contributed by atoms with Crippen LogP contribution in [0.25, 0.3) is 0 Å². The summed E-state index contributed by atoms with van der Waals surface area (Å²) < 4.78 is 0. The predicted octanol–water partition coefficient (Wildman–Crippen LogP) is 3.97. The standard InChI is InChI=1S/C12H21N/c1-5-12(4)9-7-6-8-10-13-11(2)3/h6-8,10,12H,5,9H2,1-4H3/b7-6-,10-8+. The second-order valence-electron chi connectivity index (χ2n) is 3.60. The van der Waals surface area contributed by atoms with E-state index in [9.17, 15) is 0 Å². The van der Waals surface area contributed by atoms with E-state index in [1.165, 1.54) is 6.42 Å². The van der Waals surface area contributed by atoms with Gasteiger partial charge in [-0.25, -0.2) is 0 Å². The van der Waals surface area contributed by atoms with E-state index in [-0.39, 0.29) is 0 Å². The van der Waals surface area contributed by atoms with Crippen molar-refractivity contribution in [2.24, 2.45) is 10.9 Å². The smallest absolute Gasteiger partial charge is 0.0266 e. The van der Waals surface area contributed by atoms with Crippen LogP contribution in [0, 0.1) is 5.92 Å². The van der Waals surface area contributed by atoms with Gasteiger partial charge in [-0.1, -0.05) is 32.4 Å². The van der Waals surface area contributed by atoms with Crippen LogP contribution in [-0.4, -0.2) is 5.71 Å². The summed E-state index contributed by atoms with van der Waals surface area (Å²) in [5.74, 6) is 0.793. The molecule has 0 heterocycles. The van der Waals surface area contributed by atoms with Gasteiger partial charge in [-0.3, -0.25) is 4.99 Å². The second kappa shape index (κ2) is 7.78. The van der Waals surface area contributed by atoms with Crippen molar-refractivity contribution >= 4 is 5.71 Å². The van der Waals surface area contributed by atoms with Gasteiger partial charge in [-0.05, 0) is 32.3 Å². The normalized spacial score (nSPS) is 13.8. The van der Waals surface area contributed by atoms with Crippen LogP contribution in [0.15, 0.2) is 29.4 Å². The van der Waals surface area contributed by atoms with E-state index in [0.717, 1.165) is 18.1 Å². The first-order chi connectivity index (χ1) is 6.16. The molecule has 0 N–H and O–H groups in total. The Morgan fingerprint density at radius 1 is 1.31 bits per heavy atom. The maximum atomic E-state index is 4.15. The molecular formula is C12H21N. The van der Waals surface area contributed by atoms with Crippen molar-refractivity contribution in [1.29, 1.82) is 0 Å². The van der Waals surface area contributed by atoms with Gasteiger partial charge in [0.15, 0.2) is 0 Å². The molecule has 0 saturated heterocycles. The highest BCUT2D eigenvalue weighted by atomic mass is 14.7. The van der Waals surface area contributed by atoms with Gasteiger partial charge < -0.3 is 0 Å². The second-order valence-corrected chi connectivity index (χ2v) is 3.60. The van der Waals surface area contributed by atoms with Crippen LogP contribution < -0.4 is 0 Å². The maximum absolute atomic E-state index is 4.15. The lowest BCUT2D eigenvalue weighted by molar-refractivity contribution is 0.572. The molecular weight excluding hydrogens is 158 g/mol. The van der Waals surface area contributed by atoms with E-state index in [1.807, 2.05) is 26.1 Å². The van der Waals surface area contributed by atoms with Crippen LogP contribution in [-0.2, 0) is 0 Å². The molecule has 0 spiro atoms. The summed E-state index contributed by atoms with van der Waals surface area (Å²) in [6.45, 7) is 8.47. The van der Waals surface area contributed by atoms with E-state index in [0.29, 0.717) is 0 Å². The molecule has 1 heteroatoms. The minimum absolute atomic E-state index is 0.793. The third-order valence-corrected chi connectivity index (χ3v) is 1.90. The highest BCUT2D eigenvalue weighted by molar-refractivity contribution is 5.79. The van der Waals surface area contributed by atoms with E-state index >= 15 is 0 Å². The van der Waals surface area contributed by atoms with Crippen molar-refractivity contribution in [3.63, 3.8) is 0 Å². The summed E-state index contributed by atoms with van der Waals surface area (Å²) in [5.41, 5.74) is 1.09. The molecule has 0 fully saturated rings. The fraction of sp³-hybridized carbons (Fsp3) is 0.583. The molecule has 0 saturated carbocycles. The van der Waals surface area contributed by atoms with E-state index in [2.05, 4.69) is 31.0 Å². The SMILES string of the molecule is CCC(C)C/C=C\C=C\N=C(C)C. The molecule has 0 aromatic rings. The van der Waals surface area contributed by atoms with E-state index in [4.69, 9.17) is 0 Å². The summed E-state index contributed by atoms with van der Waals surface area (Å²) in [6.07, 6.45) is 10.5. The Morgan fingerprint density at radius 2 is 2.00 bits per heavy atom. The lowest BCUT2D eigenvalue weighted by atomic mass is 10.1. The van der Waals surface area contributed by atoms with Crippen molar-refractivity contribution < 1.29 is 0 Å².